The first-order valence-electron chi connectivity index (χ1n) is 5.50. The molecule has 0 aromatic heterocycles. The molecule has 94 valence electrons. The van der Waals surface area contributed by atoms with Crippen LogP contribution < -0.4 is 16.6 Å². The fourth-order valence-electron chi connectivity index (χ4n) is 1.54. The van der Waals surface area contributed by atoms with Crippen LogP contribution in [0, 0.1) is 12.8 Å². The predicted molar refractivity (Wildman–Crippen MR) is 73.9 cm³/mol. The highest BCUT2D eigenvalue weighted by atomic mass is 79.9. The molecule has 1 aromatic carbocycles. The minimum atomic E-state index is -0.291. The highest BCUT2D eigenvalue weighted by molar-refractivity contribution is 9.10. The van der Waals surface area contributed by atoms with E-state index in [1.807, 2.05) is 13.0 Å². The van der Waals surface area contributed by atoms with Crippen molar-refractivity contribution in [2.45, 2.75) is 20.8 Å². The molecule has 0 atom stereocenters. The van der Waals surface area contributed by atoms with Gasteiger partial charge in [-0.3, -0.25) is 10.2 Å². The van der Waals surface area contributed by atoms with E-state index >= 15 is 0 Å². The van der Waals surface area contributed by atoms with Gasteiger partial charge in [0.25, 0.3) is 5.91 Å². The molecule has 0 aliphatic rings. The summed E-state index contributed by atoms with van der Waals surface area (Å²) in [6.45, 7) is 7.00. The number of nitrogens with one attached hydrogen (secondary N) is 2. The average Bonchev–Trinajstić information content (AvgIpc) is 2.25. The molecule has 17 heavy (non-hydrogen) atoms. The number of hydrogen-bond acceptors (Lipinski definition) is 3. The van der Waals surface area contributed by atoms with Crippen LogP contribution in [-0.2, 0) is 0 Å². The van der Waals surface area contributed by atoms with Crippen LogP contribution in [0.2, 0.25) is 0 Å². The van der Waals surface area contributed by atoms with Crippen LogP contribution in [0.25, 0.3) is 0 Å². The van der Waals surface area contributed by atoms with Crippen molar-refractivity contribution in [3.63, 3.8) is 0 Å². The number of rotatable bonds is 4. The molecular formula is C12H18BrN3O. The largest absolute Gasteiger partial charge is 0.384 e. The van der Waals surface area contributed by atoms with Gasteiger partial charge in [0.1, 0.15) is 0 Å². The molecule has 0 heterocycles. The van der Waals surface area contributed by atoms with Gasteiger partial charge in [0.2, 0.25) is 0 Å². The van der Waals surface area contributed by atoms with Crippen molar-refractivity contribution in [3.8, 4) is 0 Å². The SMILES string of the molecule is Cc1cc(Br)cc(C(=O)NN)c1NCC(C)C. The zero-order valence-corrected chi connectivity index (χ0v) is 11.9. The second-order valence-electron chi connectivity index (χ2n) is 4.39. The zero-order valence-electron chi connectivity index (χ0n) is 10.3. The lowest BCUT2D eigenvalue weighted by Gasteiger charge is -2.16. The molecule has 0 unspecified atom stereocenters. The van der Waals surface area contributed by atoms with Gasteiger partial charge in [0.05, 0.1) is 11.3 Å². The van der Waals surface area contributed by atoms with Crippen LogP contribution in [0.1, 0.15) is 29.8 Å². The summed E-state index contributed by atoms with van der Waals surface area (Å²) in [6.07, 6.45) is 0. The quantitative estimate of drug-likeness (QED) is 0.454. The van der Waals surface area contributed by atoms with Gasteiger partial charge in [0, 0.05) is 11.0 Å². The van der Waals surface area contributed by atoms with Crippen molar-refractivity contribution in [2.75, 3.05) is 11.9 Å². The Balaban J connectivity index is 3.11. The first kappa shape index (κ1) is 14.0. The Hall–Kier alpha value is -1.07. The Morgan fingerprint density at radius 1 is 1.47 bits per heavy atom. The fraction of sp³-hybridized carbons (Fsp3) is 0.417. The Bertz CT molecular complexity index is 418. The van der Waals surface area contributed by atoms with Gasteiger partial charge in [-0.15, -0.1) is 0 Å². The van der Waals surface area contributed by atoms with Gasteiger partial charge in [-0.05, 0) is 30.5 Å². The molecule has 1 rings (SSSR count). The number of benzene rings is 1. The molecule has 0 saturated carbocycles. The van der Waals surface area contributed by atoms with E-state index in [1.54, 1.807) is 6.07 Å². The minimum absolute atomic E-state index is 0.291. The zero-order chi connectivity index (χ0) is 13.0. The summed E-state index contributed by atoms with van der Waals surface area (Å²) >= 11 is 3.38. The third-order valence-corrected chi connectivity index (χ3v) is 2.82. The van der Waals surface area contributed by atoms with E-state index < -0.39 is 0 Å². The Labute approximate surface area is 110 Å². The van der Waals surface area contributed by atoms with E-state index in [0.29, 0.717) is 11.5 Å². The van der Waals surface area contributed by atoms with Gasteiger partial charge in [-0.1, -0.05) is 29.8 Å². The summed E-state index contributed by atoms with van der Waals surface area (Å²) in [6, 6.07) is 3.73. The topological polar surface area (TPSA) is 67.2 Å². The lowest BCUT2D eigenvalue weighted by Crippen LogP contribution is -2.31. The van der Waals surface area contributed by atoms with Crippen LogP contribution >= 0.6 is 15.9 Å². The first-order valence-corrected chi connectivity index (χ1v) is 6.30. The molecule has 0 fully saturated rings. The molecule has 0 radical (unpaired) electrons. The number of nitrogens with two attached hydrogens (primary N) is 1. The standard InChI is InChI=1S/C12H18BrN3O/c1-7(2)6-15-11-8(3)4-9(13)5-10(11)12(17)16-14/h4-5,7,15H,6,14H2,1-3H3,(H,16,17). The number of carbonyl (C=O) groups is 1. The average molecular weight is 300 g/mol. The summed E-state index contributed by atoms with van der Waals surface area (Å²) < 4.78 is 0.865. The van der Waals surface area contributed by atoms with Crippen LogP contribution in [-0.4, -0.2) is 12.5 Å². The molecule has 1 amide bonds. The fourth-order valence-corrected chi connectivity index (χ4v) is 2.11. The molecule has 0 bridgehead atoms. The molecule has 0 spiro atoms. The van der Waals surface area contributed by atoms with E-state index in [0.717, 1.165) is 22.3 Å². The van der Waals surface area contributed by atoms with Crippen LogP contribution in [0.4, 0.5) is 5.69 Å². The first-order chi connectivity index (χ1) is 7.95. The smallest absolute Gasteiger partial charge is 0.267 e. The minimum Gasteiger partial charge on any atom is -0.384 e. The predicted octanol–water partition coefficient (Wildman–Crippen LogP) is 2.43. The highest BCUT2D eigenvalue weighted by Gasteiger charge is 2.13. The van der Waals surface area contributed by atoms with Crippen molar-refractivity contribution >= 4 is 27.5 Å². The van der Waals surface area contributed by atoms with Crippen molar-refractivity contribution in [3.05, 3.63) is 27.7 Å². The number of anilines is 1. The number of halogens is 1. The van der Waals surface area contributed by atoms with Gasteiger partial charge >= 0.3 is 0 Å². The second kappa shape index (κ2) is 6.02. The van der Waals surface area contributed by atoms with Crippen molar-refractivity contribution in [2.24, 2.45) is 11.8 Å². The maximum absolute atomic E-state index is 11.7. The number of amides is 1. The third kappa shape index (κ3) is 3.71. The van der Waals surface area contributed by atoms with E-state index in [4.69, 9.17) is 5.84 Å². The maximum Gasteiger partial charge on any atom is 0.267 e. The molecule has 0 aliphatic carbocycles. The molecule has 1 aromatic rings. The van der Waals surface area contributed by atoms with Crippen molar-refractivity contribution in [1.82, 2.24) is 5.43 Å². The van der Waals surface area contributed by atoms with Crippen molar-refractivity contribution < 1.29 is 4.79 Å². The molecule has 0 saturated heterocycles. The number of hydrogen-bond donors (Lipinski definition) is 3. The van der Waals surface area contributed by atoms with Gasteiger partial charge in [-0.2, -0.15) is 0 Å². The number of aryl methyl sites for hydroxylation is 1. The lowest BCUT2D eigenvalue weighted by molar-refractivity contribution is 0.0954. The summed E-state index contributed by atoms with van der Waals surface area (Å²) in [5, 5.41) is 3.29. The van der Waals surface area contributed by atoms with Gasteiger partial charge in [0.15, 0.2) is 0 Å². The monoisotopic (exact) mass is 299 g/mol. The Morgan fingerprint density at radius 3 is 2.65 bits per heavy atom. The van der Waals surface area contributed by atoms with Crippen molar-refractivity contribution in [1.29, 1.82) is 0 Å². The maximum atomic E-state index is 11.7. The van der Waals surface area contributed by atoms with E-state index in [2.05, 4.69) is 40.5 Å². The van der Waals surface area contributed by atoms with Gasteiger partial charge < -0.3 is 5.32 Å². The van der Waals surface area contributed by atoms with Crippen LogP contribution in [0.3, 0.4) is 0 Å². The molecule has 4 N–H and O–H groups in total. The number of hydrazine groups is 1. The number of nitrogen functional groups attached to an aromatic ring is 1. The third-order valence-electron chi connectivity index (χ3n) is 2.36. The highest BCUT2D eigenvalue weighted by Crippen LogP contribution is 2.26. The normalized spacial score (nSPS) is 10.5. The van der Waals surface area contributed by atoms with E-state index in [-0.39, 0.29) is 5.91 Å². The van der Waals surface area contributed by atoms with Gasteiger partial charge in [-0.25, -0.2) is 5.84 Å². The summed E-state index contributed by atoms with van der Waals surface area (Å²) in [5.74, 6) is 5.40. The number of carbonyl (C=O) groups excluding carboxylic acids is 1. The summed E-state index contributed by atoms with van der Waals surface area (Å²) in [7, 11) is 0. The van der Waals surface area contributed by atoms with Crippen LogP contribution in [0.15, 0.2) is 16.6 Å². The summed E-state index contributed by atoms with van der Waals surface area (Å²) in [4.78, 5) is 11.7. The molecule has 0 aliphatic heterocycles. The van der Waals surface area contributed by atoms with Crippen LogP contribution in [0.5, 0.6) is 0 Å². The molecular weight excluding hydrogens is 282 g/mol. The molecule has 5 heteroatoms. The van der Waals surface area contributed by atoms with E-state index in [1.165, 1.54) is 0 Å². The summed E-state index contributed by atoms with van der Waals surface area (Å²) in [5.41, 5.74) is 4.57. The second-order valence-corrected chi connectivity index (χ2v) is 5.31. The molecule has 4 nitrogen and oxygen atoms in total. The Morgan fingerprint density at radius 2 is 2.12 bits per heavy atom. The lowest BCUT2D eigenvalue weighted by atomic mass is 10.1. The Kier molecular flexibility index (Phi) is 4.96. The van der Waals surface area contributed by atoms with E-state index in [9.17, 15) is 4.79 Å².